The minimum Gasteiger partial charge on any atom is -0.335 e. The molecule has 0 aromatic heterocycles. The van der Waals surface area contributed by atoms with Gasteiger partial charge in [0.2, 0.25) is 0 Å². The first-order valence-electron chi connectivity index (χ1n) is 7.21. The summed E-state index contributed by atoms with van der Waals surface area (Å²) in [7, 11) is 0. The minimum absolute atomic E-state index is 0.0802. The number of rotatable bonds is 2. The van der Waals surface area contributed by atoms with Crippen LogP contribution in [0.2, 0.25) is 0 Å². The van der Waals surface area contributed by atoms with Crippen LogP contribution in [0.15, 0.2) is 23.1 Å². The smallest absolute Gasteiger partial charge is 0.315 e. The van der Waals surface area contributed by atoms with Gasteiger partial charge in [0.15, 0.2) is 0 Å². The van der Waals surface area contributed by atoms with Gasteiger partial charge in [-0.3, -0.25) is 0 Å². The molecule has 0 radical (unpaired) electrons. The summed E-state index contributed by atoms with van der Waals surface area (Å²) in [5.74, 6) is 0.710. The number of nitrogens with one attached hydrogen (secondary N) is 2. The van der Waals surface area contributed by atoms with Crippen LogP contribution in [0, 0.1) is 5.82 Å². The first kappa shape index (κ1) is 13.7. The molecule has 1 aromatic rings. The van der Waals surface area contributed by atoms with Gasteiger partial charge in [0.25, 0.3) is 0 Å². The Bertz CT molecular complexity index is 503. The van der Waals surface area contributed by atoms with Crippen molar-refractivity contribution < 1.29 is 9.18 Å². The zero-order chi connectivity index (χ0) is 13.9. The van der Waals surface area contributed by atoms with Crippen molar-refractivity contribution in [2.24, 2.45) is 0 Å². The molecule has 1 aliphatic carbocycles. The number of amides is 2. The van der Waals surface area contributed by atoms with Gasteiger partial charge in [-0.1, -0.05) is 12.8 Å². The van der Waals surface area contributed by atoms with E-state index in [2.05, 4.69) is 10.6 Å². The minimum atomic E-state index is -0.241. The molecule has 2 aliphatic rings. The van der Waals surface area contributed by atoms with Gasteiger partial charge in [0, 0.05) is 16.7 Å². The van der Waals surface area contributed by atoms with Crippen molar-refractivity contribution in [2.75, 3.05) is 5.75 Å². The van der Waals surface area contributed by atoms with Crippen LogP contribution in [0.3, 0.4) is 0 Å². The van der Waals surface area contributed by atoms with E-state index in [1.54, 1.807) is 23.9 Å². The molecule has 108 valence electrons. The van der Waals surface area contributed by atoms with E-state index in [1.807, 2.05) is 0 Å². The molecule has 0 bridgehead atoms. The van der Waals surface area contributed by atoms with Crippen molar-refractivity contribution in [3.05, 3.63) is 29.6 Å². The fourth-order valence-corrected chi connectivity index (χ4v) is 4.08. The monoisotopic (exact) mass is 294 g/mol. The lowest BCUT2D eigenvalue weighted by Crippen LogP contribution is -2.43. The first-order chi connectivity index (χ1) is 9.72. The Morgan fingerprint density at radius 3 is 2.80 bits per heavy atom. The SMILES string of the molecule is O=C(NC1CCCC1)NC1CCSc2ccc(F)cc21. The van der Waals surface area contributed by atoms with E-state index in [4.69, 9.17) is 0 Å². The predicted octanol–water partition coefficient (Wildman–Crippen LogP) is 3.60. The van der Waals surface area contributed by atoms with Crippen molar-refractivity contribution in [1.82, 2.24) is 10.6 Å². The van der Waals surface area contributed by atoms with Crippen molar-refractivity contribution in [3.63, 3.8) is 0 Å². The Kier molecular flexibility index (Phi) is 4.15. The number of thioether (sulfide) groups is 1. The molecule has 1 heterocycles. The Balaban J connectivity index is 1.66. The Morgan fingerprint density at radius 2 is 2.00 bits per heavy atom. The second-order valence-corrected chi connectivity index (χ2v) is 6.61. The molecule has 1 atom stereocenters. The lowest BCUT2D eigenvalue weighted by Gasteiger charge is -2.26. The molecular formula is C15H19FN2OS. The van der Waals surface area contributed by atoms with E-state index < -0.39 is 0 Å². The Labute approximate surface area is 122 Å². The lowest BCUT2D eigenvalue weighted by molar-refractivity contribution is 0.232. The summed E-state index contributed by atoms with van der Waals surface area (Å²) < 4.78 is 13.4. The standard InChI is InChI=1S/C15H19FN2OS/c16-10-5-6-14-12(9-10)13(7-8-20-14)18-15(19)17-11-3-1-2-4-11/h5-6,9,11,13H,1-4,7-8H2,(H2,17,18,19). The molecule has 1 saturated carbocycles. The van der Waals surface area contributed by atoms with Crippen LogP contribution in [0.1, 0.15) is 43.7 Å². The van der Waals surface area contributed by atoms with E-state index in [0.29, 0.717) is 6.04 Å². The van der Waals surface area contributed by atoms with E-state index in [9.17, 15) is 9.18 Å². The second kappa shape index (κ2) is 6.04. The molecule has 1 aromatic carbocycles. The quantitative estimate of drug-likeness (QED) is 0.875. The molecule has 1 aliphatic heterocycles. The molecule has 1 unspecified atom stereocenters. The van der Waals surface area contributed by atoms with Crippen molar-refractivity contribution >= 4 is 17.8 Å². The maximum Gasteiger partial charge on any atom is 0.315 e. The number of carbonyl (C=O) groups excluding carboxylic acids is 1. The average Bonchev–Trinajstić information content (AvgIpc) is 2.92. The third kappa shape index (κ3) is 3.08. The van der Waals surface area contributed by atoms with Crippen LogP contribution >= 0.6 is 11.8 Å². The van der Waals surface area contributed by atoms with Gasteiger partial charge in [-0.15, -0.1) is 11.8 Å². The molecule has 1 fully saturated rings. The predicted molar refractivity (Wildman–Crippen MR) is 78.4 cm³/mol. The summed E-state index contributed by atoms with van der Waals surface area (Å²) in [6.45, 7) is 0. The number of urea groups is 1. The highest BCUT2D eigenvalue weighted by molar-refractivity contribution is 7.99. The normalized spacial score (nSPS) is 22.4. The highest BCUT2D eigenvalue weighted by Gasteiger charge is 2.24. The van der Waals surface area contributed by atoms with E-state index in [0.717, 1.165) is 35.5 Å². The number of hydrogen-bond donors (Lipinski definition) is 2. The number of carbonyl (C=O) groups is 1. The van der Waals surface area contributed by atoms with Gasteiger partial charge in [0.1, 0.15) is 5.82 Å². The fourth-order valence-electron chi connectivity index (χ4n) is 2.97. The van der Waals surface area contributed by atoms with Gasteiger partial charge in [0.05, 0.1) is 6.04 Å². The summed E-state index contributed by atoms with van der Waals surface area (Å²) in [6, 6.07) is 4.93. The van der Waals surface area contributed by atoms with Crippen LogP contribution in [0.5, 0.6) is 0 Å². The zero-order valence-electron chi connectivity index (χ0n) is 11.3. The number of halogens is 1. The summed E-state index contributed by atoms with van der Waals surface area (Å²) >= 11 is 1.72. The molecule has 2 N–H and O–H groups in total. The molecule has 3 nitrogen and oxygen atoms in total. The van der Waals surface area contributed by atoms with Gasteiger partial charge >= 0.3 is 6.03 Å². The largest absolute Gasteiger partial charge is 0.335 e. The topological polar surface area (TPSA) is 41.1 Å². The van der Waals surface area contributed by atoms with Gasteiger partial charge in [-0.05, 0) is 43.0 Å². The first-order valence-corrected chi connectivity index (χ1v) is 8.20. The molecule has 0 spiro atoms. The third-order valence-corrected chi connectivity index (χ3v) is 5.13. The highest BCUT2D eigenvalue weighted by atomic mass is 32.2. The second-order valence-electron chi connectivity index (χ2n) is 5.47. The zero-order valence-corrected chi connectivity index (χ0v) is 12.1. The maximum absolute atomic E-state index is 13.4. The summed E-state index contributed by atoms with van der Waals surface area (Å²) in [4.78, 5) is 13.1. The summed E-state index contributed by atoms with van der Waals surface area (Å²) in [5.41, 5.74) is 0.905. The molecular weight excluding hydrogens is 275 g/mol. The number of hydrogen-bond acceptors (Lipinski definition) is 2. The Morgan fingerprint density at radius 1 is 1.20 bits per heavy atom. The van der Waals surface area contributed by atoms with E-state index >= 15 is 0 Å². The number of benzene rings is 1. The van der Waals surface area contributed by atoms with Crippen molar-refractivity contribution in [2.45, 2.75) is 49.1 Å². The van der Waals surface area contributed by atoms with Crippen LogP contribution in [-0.2, 0) is 0 Å². The Hall–Kier alpha value is -1.23. The molecule has 5 heteroatoms. The fraction of sp³-hybridized carbons (Fsp3) is 0.533. The van der Waals surface area contributed by atoms with Crippen LogP contribution in [0.25, 0.3) is 0 Å². The van der Waals surface area contributed by atoms with Crippen molar-refractivity contribution in [3.8, 4) is 0 Å². The number of fused-ring (bicyclic) bond motifs is 1. The van der Waals surface area contributed by atoms with E-state index in [1.165, 1.54) is 18.9 Å². The van der Waals surface area contributed by atoms with Crippen LogP contribution in [0.4, 0.5) is 9.18 Å². The average molecular weight is 294 g/mol. The maximum atomic E-state index is 13.4. The van der Waals surface area contributed by atoms with Crippen LogP contribution < -0.4 is 10.6 Å². The molecule has 20 heavy (non-hydrogen) atoms. The summed E-state index contributed by atoms with van der Waals surface area (Å²) in [5, 5.41) is 6.02. The van der Waals surface area contributed by atoms with Crippen molar-refractivity contribution in [1.29, 1.82) is 0 Å². The molecule has 3 rings (SSSR count). The third-order valence-electron chi connectivity index (χ3n) is 4.01. The van der Waals surface area contributed by atoms with Gasteiger partial charge < -0.3 is 10.6 Å². The van der Waals surface area contributed by atoms with Crippen LogP contribution in [-0.4, -0.2) is 17.8 Å². The van der Waals surface area contributed by atoms with E-state index in [-0.39, 0.29) is 17.9 Å². The lowest BCUT2D eigenvalue weighted by atomic mass is 10.0. The molecule has 0 saturated heterocycles. The highest BCUT2D eigenvalue weighted by Crippen LogP contribution is 2.36. The van der Waals surface area contributed by atoms with Gasteiger partial charge in [-0.25, -0.2) is 9.18 Å². The molecule has 2 amide bonds. The van der Waals surface area contributed by atoms with Gasteiger partial charge in [-0.2, -0.15) is 0 Å². The summed E-state index contributed by atoms with van der Waals surface area (Å²) in [6.07, 6.45) is 5.37.